The average Bonchev–Trinajstić information content (AvgIpc) is 2.48. The lowest BCUT2D eigenvalue weighted by molar-refractivity contribution is -0.127. The Morgan fingerprint density at radius 1 is 1.19 bits per heavy atom. The molecule has 1 aliphatic heterocycles. The van der Waals surface area contributed by atoms with Crippen LogP contribution in [-0.4, -0.2) is 29.9 Å². The average molecular weight is 288 g/mol. The number of nitrogens with zero attached hydrogens (tertiary/aromatic N) is 1. The van der Waals surface area contributed by atoms with E-state index in [1.54, 1.807) is 0 Å². The van der Waals surface area contributed by atoms with Crippen molar-refractivity contribution < 1.29 is 4.79 Å². The number of hydrogen-bond acceptors (Lipinski definition) is 2. The molecule has 21 heavy (non-hydrogen) atoms. The first-order valence-electron chi connectivity index (χ1n) is 8.13. The van der Waals surface area contributed by atoms with Crippen molar-refractivity contribution in [2.24, 2.45) is 11.8 Å². The zero-order chi connectivity index (χ0) is 15.2. The molecule has 1 N–H and O–H groups in total. The van der Waals surface area contributed by atoms with E-state index in [9.17, 15) is 4.79 Å². The highest BCUT2D eigenvalue weighted by Crippen LogP contribution is 2.19. The Morgan fingerprint density at radius 3 is 2.38 bits per heavy atom. The van der Waals surface area contributed by atoms with Crippen molar-refractivity contribution in [1.82, 2.24) is 10.2 Å². The normalized spacial score (nSPS) is 18.7. The SMILES string of the molecule is CC(C)[C@@H](C)NC(=O)C1CCN(Cc2ccccc2)CC1. The third-order valence-corrected chi connectivity index (χ3v) is 4.58. The van der Waals surface area contributed by atoms with Gasteiger partial charge in [0.15, 0.2) is 0 Å². The molecule has 2 rings (SSSR count). The van der Waals surface area contributed by atoms with Crippen LogP contribution >= 0.6 is 0 Å². The predicted octanol–water partition coefficient (Wildman–Crippen LogP) is 3.06. The molecule has 3 nitrogen and oxygen atoms in total. The molecular weight excluding hydrogens is 260 g/mol. The van der Waals surface area contributed by atoms with E-state index in [-0.39, 0.29) is 17.9 Å². The number of piperidine rings is 1. The van der Waals surface area contributed by atoms with Crippen LogP contribution in [0.5, 0.6) is 0 Å². The number of rotatable bonds is 5. The van der Waals surface area contributed by atoms with Crippen molar-refractivity contribution in [2.45, 2.75) is 46.2 Å². The quantitative estimate of drug-likeness (QED) is 0.903. The first kappa shape index (κ1) is 16.0. The lowest BCUT2D eigenvalue weighted by atomic mass is 9.94. The molecule has 3 heteroatoms. The molecule has 0 unspecified atom stereocenters. The topological polar surface area (TPSA) is 32.3 Å². The van der Waals surface area contributed by atoms with Gasteiger partial charge in [0, 0.05) is 18.5 Å². The minimum absolute atomic E-state index is 0.193. The van der Waals surface area contributed by atoms with E-state index >= 15 is 0 Å². The van der Waals surface area contributed by atoms with Crippen LogP contribution in [0.2, 0.25) is 0 Å². The first-order chi connectivity index (χ1) is 10.1. The number of carbonyl (C=O) groups is 1. The van der Waals surface area contributed by atoms with E-state index in [1.165, 1.54) is 5.56 Å². The third-order valence-electron chi connectivity index (χ3n) is 4.58. The fourth-order valence-electron chi connectivity index (χ4n) is 2.70. The summed E-state index contributed by atoms with van der Waals surface area (Å²) in [4.78, 5) is 14.7. The number of nitrogens with one attached hydrogen (secondary N) is 1. The van der Waals surface area contributed by atoms with E-state index in [0.717, 1.165) is 32.5 Å². The highest BCUT2D eigenvalue weighted by atomic mass is 16.1. The van der Waals surface area contributed by atoms with Crippen molar-refractivity contribution in [2.75, 3.05) is 13.1 Å². The van der Waals surface area contributed by atoms with Gasteiger partial charge in [0.1, 0.15) is 0 Å². The van der Waals surface area contributed by atoms with Gasteiger partial charge in [0.2, 0.25) is 5.91 Å². The Morgan fingerprint density at radius 2 is 1.81 bits per heavy atom. The summed E-state index contributed by atoms with van der Waals surface area (Å²) < 4.78 is 0. The number of amides is 1. The second-order valence-corrected chi connectivity index (χ2v) is 6.58. The summed E-state index contributed by atoms with van der Waals surface area (Å²) in [5.74, 6) is 0.931. The summed E-state index contributed by atoms with van der Waals surface area (Å²) in [7, 11) is 0. The van der Waals surface area contributed by atoms with Gasteiger partial charge in [-0.05, 0) is 44.3 Å². The monoisotopic (exact) mass is 288 g/mol. The minimum atomic E-state index is 0.193. The molecule has 0 bridgehead atoms. The Kier molecular flexibility index (Phi) is 5.80. The van der Waals surface area contributed by atoms with Crippen LogP contribution in [0.1, 0.15) is 39.2 Å². The second kappa shape index (κ2) is 7.60. The van der Waals surface area contributed by atoms with Crippen LogP contribution < -0.4 is 5.32 Å². The molecule has 1 heterocycles. The van der Waals surface area contributed by atoms with Crippen molar-refractivity contribution in [3.05, 3.63) is 35.9 Å². The molecule has 0 saturated carbocycles. The van der Waals surface area contributed by atoms with Crippen LogP contribution in [0.4, 0.5) is 0 Å². The van der Waals surface area contributed by atoms with Crippen molar-refractivity contribution in [3.8, 4) is 0 Å². The summed E-state index contributed by atoms with van der Waals surface area (Å²) in [6, 6.07) is 10.8. The summed E-state index contributed by atoms with van der Waals surface area (Å²) in [6.45, 7) is 9.41. The molecule has 0 aromatic heterocycles. The zero-order valence-corrected chi connectivity index (χ0v) is 13.5. The number of benzene rings is 1. The minimum Gasteiger partial charge on any atom is -0.353 e. The molecule has 1 fully saturated rings. The molecule has 0 aliphatic carbocycles. The largest absolute Gasteiger partial charge is 0.353 e. The molecule has 1 amide bonds. The Bertz CT molecular complexity index is 436. The number of carbonyl (C=O) groups excluding carboxylic acids is 1. The summed E-state index contributed by atoms with van der Waals surface area (Å²) in [5.41, 5.74) is 1.36. The van der Waals surface area contributed by atoms with Gasteiger partial charge in [-0.2, -0.15) is 0 Å². The molecule has 1 aromatic carbocycles. The van der Waals surface area contributed by atoms with E-state index in [0.29, 0.717) is 5.92 Å². The van der Waals surface area contributed by atoms with Gasteiger partial charge < -0.3 is 5.32 Å². The molecule has 1 aromatic rings. The van der Waals surface area contributed by atoms with Crippen LogP contribution in [0.15, 0.2) is 30.3 Å². The fraction of sp³-hybridized carbons (Fsp3) is 0.611. The summed E-state index contributed by atoms with van der Waals surface area (Å²) in [5, 5.41) is 3.16. The van der Waals surface area contributed by atoms with E-state index in [2.05, 4.69) is 61.3 Å². The Labute approximate surface area is 128 Å². The van der Waals surface area contributed by atoms with Crippen LogP contribution in [-0.2, 0) is 11.3 Å². The second-order valence-electron chi connectivity index (χ2n) is 6.58. The molecule has 1 saturated heterocycles. The van der Waals surface area contributed by atoms with E-state index < -0.39 is 0 Å². The van der Waals surface area contributed by atoms with Crippen LogP contribution in [0, 0.1) is 11.8 Å². The third kappa shape index (κ3) is 4.85. The van der Waals surface area contributed by atoms with Gasteiger partial charge >= 0.3 is 0 Å². The lowest BCUT2D eigenvalue weighted by Gasteiger charge is -2.32. The van der Waals surface area contributed by atoms with Crippen LogP contribution in [0.25, 0.3) is 0 Å². The van der Waals surface area contributed by atoms with Gasteiger partial charge in [-0.15, -0.1) is 0 Å². The standard InChI is InChI=1S/C18H28N2O/c1-14(2)15(3)19-18(21)17-9-11-20(12-10-17)13-16-7-5-4-6-8-16/h4-8,14-15,17H,9-13H2,1-3H3,(H,19,21)/t15-/m1/s1. The number of hydrogen-bond donors (Lipinski definition) is 1. The predicted molar refractivity (Wildman–Crippen MR) is 86.9 cm³/mol. The van der Waals surface area contributed by atoms with E-state index in [4.69, 9.17) is 0 Å². The maximum atomic E-state index is 12.2. The van der Waals surface area contributed by atoms with E-state index in [1.807, 2.05) is 0 Å². The van der Waals surface area contributed by atoms with Crippen molar-refractivity contribution in [1.29, 1.82) is 0 Å². The number of likely N-dealkylation sites (tertiary alicyclic amines) is 1. The molecular formula is C18H28N2O. The summed E-state index contributed by atoms with van der Waals surface area (Å²) >= 11 is 0. The molecule has 116 valence electrons. The van der Waals surface area contributed by atoms with Gasteiger partial charge in [0.25, 0.3) is 0 Å². The highest BCUT2D eigenvalue weighted by Gasteiger charge is 2.26. The molecule has 1 aliphatic rings. The van der Waals surface area contributed by atoms with Crippen molar-refractivity contribution in [3.63, 3.8) is 0 Å². The molecule has 0 spiro atoms. The fourth-order valence-corrected chi connectivity index (χ4v) is 2.70. The highest BCUT2D eigenvalue weighted by molar-refractivity contribution is 5.79. The smallest absolute Gasteiger partial charge is 0.223 e. The first-order valence-corrected chi connectivity index (χ1v) is 8.13. The van der Waals surface area contributed by atoms with Gasteiger partial charge in [-0.25, -0.2) is 0 Å². The zero-order valence-electron chi connectivity index (χ0n) is 13.5. The van der Waals surface area contributed by atoms with Crippen LogP contribution in [0.3, 0.4) is 0 Å². The molecule has 1 atom stereocenters. The Balaban J connectivity index is 1.76. The van der Waals surface area contributed by atoms with Crippen molar-refractivity contribution >= 4 is 5.91 Å². The maximum Gasteiger partial charge on any atom is 0.223 e. The molecule has 0 radical (unpaired) electrons. The van der Waals surface area contributed by atoms with Gasteiger partial charge in [-0.1, -0.05) is 44.2 Å². The maximum absolute atomic E-state index is 12.2. The summed E-state index contributed by atoms with van der Waals surface area (Å²) in [6.07, 6.45) is 1.95. The van der Waals surface area contributed by atoms with Gasteiger partial charge in [0.05, 0.1) is 0 Å². The lowest BCUT2D eigenvalue weighted by Crippen LogP contribution is -2.44. The Hall–Kier alpha value is -1.35. The van der Waals surface area contributed by atoms with Gasteiger partial charge in [-0.3, -0.25) is 9.69 Å².